The molecule has 148 valence electrons. The molecule has 1 aromatic heterocycles. The Balaban J connectivity index is 1.45. The second-order valence-electron chi connectivity index (χ2n) is 7.36. The number of nitrogens with one attached hydrogen (secondary N) is 1. The van der Waals surface area contributed by atoms with Crippen molar-refractivity contribution in [2.45, 2.75) is 38.5 Å². The van der Waals surface area contributed by atoms with Gasteiger partial charge in [0.15, 0.2) is 5.79 Å². The number of nitrogens with zero attached hydrogens (tertiary/aromatic N) is 3. The molecule has 4 rings (SSSR count). The van der Waals surface area contributed by atoms with Crippen molar-refractivity contribution in [3.63, 3.8) is 0 Å². The zero-order valence-electron chi connectivity index (χ0n) is 16.4. The van der Waals surface area contributed by atoms with E-state index in [0.717, 1.165) is 37.3 Å². The van der Waals surface area contributed by atoms with Gasteiger partial charge in [0.05, 0.1) is 19.3 Å². The molecule has 0 aliphatic carbocycles. The van der Waals surface area contributed by atoms with E-state index >= 15 is 0 Å². The topological polar surface area (TPSA) is 76.6 Å². The number of rotatable bonds is 4. The van der Waals surface area contributed by atoms with Crippen LogP contribution in [-0.4, -0.2) is 48.0 Å². The Hall–Kier alpha value is -2.51. The lowest BCUT2D eigenvalue weighted by atomic mass is 10.0. The van der Waals surface area contributed by atoms with Gasteiger partial charge in [-0.05, 0) is 19.4 Å². The number of aryl methyl sites for hydroxylation is 1. The molecule has 1 aromatic carbocycles. The normalized spacial score (nSPS) is 19.6. The predicted molar refractivity (Wildman–Crippen MR) is 105 cm³/mol. The van der Waals surface area contributed by atoms with Crippen molar-refractivity contribution >= 4 is 11.7 Å². The van der Waals surface area contributed by atoms with E-state index in [9.17, 15) is 4.79 Å². The van der Waals surface area contributed by atoms with Crippen molar-refractivity contribution in [2.75, 3.05) is 31.2 Å². The molecule has 0 bridgehead atoms. The minimum Gasteiger partial charge on any atom is -0.356 e. The lowest BCUT2D eigenvalue weighted by Gasteiger charge is -2.38. The fourth-order valence-electron chi connectivity index (χ4n) is 3.79. The van der Waals surface area contributed by atoms with Crippen LogP contribution in [0.1, 0.15) is 47.7 Å². The largest absolute Gasteiger partial charge is 0.356 e. The quantitative estimate of drug-likeness (QED) is 0.876. The molecule has 0 saturated carbocycles. The number of piperidine rings is 1. The lowest BCUT2D eigenvalue weighted by molar-refractivity contribution is -0.169. The van der Waals surface area contributed by atoms with Crippen LogP contribution in [0.25, 0.3) is 0 Å². The molecular formula is C21H26N4O3. The fourth-order valence-corrected chi connectivity index (χ4v) is 3.79. The van der Waals surface area contributed by atoms with E-state index in [4.69, 9.17) is 9.47 Å². The maximum absolute atomic E-state index is 12.8. The van der Waals surface area contributed by atoms with E-state index in [1.54, 1.807) is 6.07 Å². The molecule has 7 heteroatoms. The molecule has 2 aliphatic heterocycles. The maximum atomic E-state index is 12.8. The molecular weight excluding hydrogens is 356 g/mol. The zero-order chi connectivity index (χ0) is 19.6. The van der Waals surface area contributed by atoms with Crippen molar-refractivity contribution in [1.29, 1.82) is 0 Å². The first-order valence-corrected chi connectivity index (χ1v) is 9.79. The molecule has 1 N–H and O–H groups in total. The summed E-state index contributed by atoms with van der Waals surface area (Å²) in [7, 11) is 0. The van der Waals surface area contributed by atoms with Crippen molar-refractivity contribution in [3.05, 3.63) is 53.5 Å². The summed E-state index contributed by atoms with van der Waals surface area (Å²) in [5, 5.41) is 3.02. The molecule has 28 heavy (non-hydrogen) atoms. The monoisotopic (exact) mass is 382 g/mol. The van der Waals surface area contributed by atoms with Gasteiger partial charge < -0.3 is 19.7 Å². The molecule has 0 radical (unpaired) electrons. The van der Waals surface area contributed by atoms with Crippen LogP contribution >= 0.6 is 0 Å². The Bertz CT molecular complexity index is 827. The highest BCUT2D eigenvalue weighted by Crippen LogP contribution is 2.32. The number of benzene rings is 1. The van der Waals surface area contributed by atoms with Crippen LogP contribution in [0.5, 0.6) is 0 Å². The number of carbonyl (C=O) groups excluding carboxylic acids is 1. The zero-order valence-corrected chi connectivity index (χ0v) is 16.4. The minimum absolute atomic E-state index is 0.0982. The van der Waals surface area contributed by atoms with E-state index in [1.807, 2.05) is 44.2 Å². The fraction of sp³-hybridized carbons (Fsp3) is 0.476. The van der Waals surface area contributed by atoms with E-state index in [0.29, 0.717) is 24.7 Å². The van der Waals surface area contributed by atoms with Crippen LogP contribution in [0.15, 0.2) is 36.4 Å². The third-order valence-corrected chi connectivity index (χ3v) is 5.37. The Labute approximate surface area is 165 Å². The molecule has 1 unspecified atom stereocenters. The Morgan fingerprint density at radius 2 is 1.82 bits per heavy atom. The highest BCUT2D eigenvalue weighted by Gasteiger charge is 2.40. The van der Waals surface area contributed by atoms with Gasteiger partial charge in [0, 0.05) is 32.0 Å². The van der Waals surface area contributed by atoms with Gasteiger partial charge >= 0.3 is 0 Å². The summed E-state index contributed by atoms with van der Waals surface area (Å²) in [6.07, 6.45) is 1.59. The molecule has 7 nitrogen and oxygen atoms in total. The maximum Gasteiger partial charge on any atom is 0.270 e. The highest BCUT2D eigenvalue weighted by atomic mass is 16.7. The molecule has 2 saturated heterocycles. The van der Waals surface area contributed by atoms with E-state index in [2.05, 4.69) is 20.2 Å². The first-order valence-electron chi connectivity index (χ1n) is 9.79. The van der Waals surface area contributed by atoms with Gasteiger partial charge in [-0.1, -0.05) is 30.3 Å². The molecule has 1 atom stereocenters. The summed E-state index contributed by atoms with van der Waals surface area (Å²) in [5.41, 5.74) is 1.44. The number of aromatic nitrogens is 2. The van der Waals surface area contributed by atoms with Gasteiger partial charge in [0.1, 0.15) is 17.3 Å². The van der Waals surface area contributed by atoms with Crippen molar-refractivity contribution in [1.82, 2.24) is 15.3 Å². The summed E-state index contributed by atoms with van der Waals surface area (Å²) in [6, 6.07) is 11.6. The van der Waals surface area contributed by atoms with Gasteiger partial charge in [0.2, 0.25) is 0 Å². The van der Waals surface area contributed by atoms with Gasteiger partial charge in [-0.2, -0.15) is 0 Å². The van der Waals surface area contributed by atoms with Crippen LogP contribution < -0.4 is 10.2 Å². The molecule has 3 heterocycles. The lowest BCUT2D eigenvalue weighted by Crippen LogP contribution is -2.45. The first-order chi connectivity index (χ1) is 13.5. The molecule has 2 fully saturated rings. The first kappa shape index (κ1) is 18.8. The SMILES string of the molecule is Cc1nc(C(=O)NC(C)c2ccccc2)cc(N2CCC3(CC2)OCCO3)n1. The smallest absolute Gasteiger partial charge is 0.270 e. The van der Waals surface area contributed by atoms with Crippen LogP contribution in [-0.2, 0) is 9.47 Å². The van der Waals surface area contributed by atoms with Crippen LogP contribution in [0.2, 0.25) is 0 Å². The number of carbonyl (C=O) groups is 1. The Morgan fingerprint density at radius 3 is 2.50 bits per heavy atom. The van der Waals surface area contributed by atoms with E-state index in [1.165, 1.54) is 0 Å². The second kappa shape index (κ2) is 7.85. The van der Waals surface area contributed by atoms with Crippen molar-refractivity contribution in [3.8, 4) is 0 Å². The summed E-state index contributed by atoms with van der Waals surface area (Å²) in [6.45, 7) is 6.66. The standard InChI is InChI=1S/C21H26N4O3/c1-15(17-6-4-3-5-7-17)22-20(26)18-14-19(24-16(2)23-18)25-10-8-21(9-11-25)27-12-13-28-21/h3-7,14-15H,8-13H2,1-2H3,(H,22,26). The number of anilines is 1. The van der Waals surface area contributed by atoms with E-state index < -0.39 is 5.79 Å². The van der Waals surface area contributed by atoms with Crippen LogP contribution in [0.3, 0.4) is 0 Å². The third-order valence-electron chi connectivity index (χ3n) is 5.37. The Kier molecular flexibility index (Phi) is 5.28. The van der Waals surface area contributed by atoms with Gasteiger partial charge in [-0.3, -0.25) is 4.79 Å². The third kappa shape index (κ3) is 4.00. The van der Waals surface area contributed by atoms with Crippen LogP contribution in [0, 0.1) is 6.92 Å². The molecule has 1 spiro atoms. The molecule has 2 aliphatic rings. The number of ether oxygens (including phenoxy) is 2. The average Bonchev–Trinajstić information content (AvgIpc) is 3.16. The van der Waals surface area contributed by atoms with E-state index in [-0.39, 0.29) is 11.9 Å². The van der Waals surface area contributed by atoms with Gasteiger partial charge in [-0.15, -0.1) is 0 Å². The summed E-state index contributed by atoms with van der Waals surface area (Å²) in [4.78, 5) is 23.8. The van der Waals surface area contributed by atoms with Crippen LogP contribution in [0.4, 0.5) is 5.82 Å². The minimum atomic E-state index is -0.427. The number of hydrogen-bond donors (Lipinski definition) is 1. The van der Waals surface area contributed by atoms with Crippen molar-refractivity contribution in [2.24, 2.45) is 0 Å². The number of hydrogen-bond acceptors (Lipinski definition) is 6. The van der Waals surface area contributed by atoms with Crippen molar-refractivity contribution < 1.29 is 14.3 Å². The molecule has 1 amide bonds. The van der Waals surface area contributed by atoms with Gasteiger partial charge in [-0.25, -0.2) is 9.97 Å². The summed E-state index contributed by atoms with van der Waals surface area (Å²) < 4.78 is 11.6. The summed E-state index contributed by atoms with van der Waals surface area (Å²) in [5.74, 6) is 0.741. The number of amides is 1. The molecule has 2 aromatic rings. The highest BCUT2D eigenvalue weighted by molar-refractivity contribution is 5.93. The average molecular weight is 382 g/mol. The summed E-state index contributed by atoms with van der Waals surface area (Å²) >= 11 is 0. The predicted octanol–water partition coefficient (Wildman–Crippen LogP) is 2.62. The Morgan fingerprint density at radius 1 is 1.14 bits per heavy atom. The second-order valence-corrected chi connectivity index (χ2v) is 7.36. The van der Waals surface area contributed by atoms with Gasteiger partial charge in [0.25, 0.3) is 5.91 Å².